The molecule has 0 aromatic carbocycles. The Balaban J connectivity index is 4.31. The third kappa shape index (κ3) is 58.4. The monoisotopic (exact) mass is 1020 g/mol. The van der Waals surface area contributed by atoms with E-state index in [4.69, 9.17) is 14.2 Å². The summed E-state index contributed by atoms with van der Waals surface area (Å²) in [7, 11) is 0. The molecule has 0 bridgehead atoms. The van der Waals surface area contributed by atoms with Gasteiger partial charge in [-0.25, -0.2) is 0 Å². The van der Waals surface area contributed by atoms with Gasteiger partial charge in [-0.15, -0.1) is 0 Å². The van der Waals surface area contributed by atoms with Crippen molar-refractivity contribution in [3.8, 4) is 0 Å². The van der Waals surface area contributed by atoms with E-state index >= 15 is 0 Å². The Morgan fingerprint density at radius 2 is 0.527 bits per heavy atom. The zero-order valence-electron chi connectivity index (χ0n) is 47.8. The van der Waals surface area contributed by atoms with Gasteiger partial charge in [-0.2, -0.15) is 0 Å². The maximum absolute atomic E-state index is 12.8. The molecule has 0 amide bonds. The summed E-state index contributed by atoms with van der Waals surface area (Å²) >= 11 is 0. The Kier molecular flexibility index (Phi) is 57.4. The molecule has 0 N–H and O–H groups in total. The number of carbonyl (C=O) groups excluding carboxylic acids is 3. The Labute approximate surface area is 455 Å². The van der Waals surface area contributed by atoms with Gasteiger partial charge in [0.1, 0.15) is 13.2 Å². The maximum Gasteiger partial charge on any atom is 0.306 e. The second kappa shape index (κ2) is 61.1. The van der Waals surface area contributed by atoms with Gasteiger partial charge in [0.05, 0.1) is 0 Å². The Bertz CT molecular complexity index is 1600. The number of ether oxygens (including phenoxy) is 3. The lowest BCUT2D eigenvalue weighted by Crippen LogP contribution is -2.30. The van der Waals surface area contributed by atoms with Crippen LogP contribution in [0.3, 0.4) is 0 Å². The molecule has 0 aromatic heterocycles. The molecule has 418 valence electrons. The van der Waals surface area contributed by atoms with E-state index in [0.717, 1.165) is 148 Å². The van der Waals surface area contributed by atoms with Crippen molar-refractivity contribution < 1.29 is 28.6 Å². The Hall–Kier alpha value is -4.45. The molecule has 6 heteroatoms. The molecule has 0 aromatic rings. The highest BCUT2D eigenvalue weighted by Crippen LogP contribution is 2.14. The van der Waals surface area contributed by atoms with Gasteiger partial charge in [0, 0.05) is 19.3 Å². The van der Waals surface area contributed by atoms with Crippen LogP contribution >= 0.6 is 0 Å². The van der Waals surface area contributed by atoms with Crippen LogP contribution in [0.1, 0.15) is 258 Å². The zero-order chi connectivity index (χ0) is 53.6. The second-order valence-corrected chi connectivity index (χ2v) is 19.5. The maximum atomic E-state index is 12.8. The largest absolute Gasteiger partial charge is 0.462 e. The van der Waals surface area contributed by atoms with E-state index in [2.05, 4.69) is 154 Å². The number of hydrogen-bond acceptors (Lipinski definition) is 6. The van der Waals surface area contributed by atoms with E-state index in [9.17, 15) is 14.4 Å². The molecule has 0 aliphatic carbocycles. The van der Waals surface area contributed by atoms with Crippen molar-refractivity contribution in [1.82, 2.24) is 0 Å². The number of rotatable bonds is 53. The van der Waals surface area contributed by atoms with E-state index < -0.39 is 6.10 Å². The summed E-state index contributed by atoms with van der Waals surface area (Å²) < 4.78 is 16.8. The SMILES string of the molecule is CC/C=C\C/C=C\C/C=C\C/C=C\C/C=C\C/C=C\C/C=C\C/C=C\CCCCCCC(=O)OCC(COC(=O)CCCCCCCCCC)OC(=O)CCCCCCCC/C=C\C/C=C\C/C=C\CCCCC. The van der Waals surface area contributed by atoms with Crippen LogP contribution in [0.4, 0.5) is 0 Å². The predicted molar refractivity (Wildman–Crippen MR) is 320 cm³/mol. The number of unbranched alkanes of at least 4 members (excludes halogenated alkanes) is 20. The normalized spacial score (nSPS) is 13.1. The molecule has 0 aliphatic rings. The minimum absolute atomic E-state index is 0.0943. The average molecular weight is 1020 g/mol. The summed E-state index contributed by atoms with van der Waals surface area (Å²) in [6.07, 6.45) is 86.0. The van der Waals surface area contributed by atoms with E-state index in [1.165, 1.54) is 70.6 Å². The summed E-state index contributed by atoms with van der Waals surface area (Å²) in [6, 6.07) is 0. The second-order valence-electron chi connectivity index (χ2n) is 19.5. The van der Waals surface area contributed by atoms with Gasteiger partial charge in [0.2, 0.25) is 0 Å². The molecule has 0 heterocycles. The molecule has 1 atom stereocenters. The topological polar surface area (TPSA) is 78.9 Å². The van der Waals surface area contributed by atoms with E-state index in [0.29, 0.717) is 19.3 Å². The summed E-state index contributed by atoms with van der Waals surface area (Å²) in [5.74, 6) is -0.940. The lowest BCUT2D eigenvalue weighted by Gasteiger charge is -2.18. The lowest BCUT2D eigenvalue weighted by molar-refractivity contribution is -0.167. The fourth-order valence-corrected chi connectivity index (χ4v) is 7.88. The summed E-state index contributed by atoms with van der Waals surface area (Å²) in [5.41, 5.74) is 0. The first-order valence-electron chi connectivity index (χ1n) is 30.2. The molecule has 0 aliphatic heterocycles. The highest BCUT2D eigenvalue weighted by molar-refractivity contribution is 5.71. The minimum Gasteiger partial charge on any atom is -0.462 e. The van der Waals surface area contributed by atoms with Crippen LogP contribution in [0.2, 0.25) is 0 Å². The van der Waals surface area contributed by atoms with Crippen LogP contribution in [0.5, 0.6) is 0 Å². The van der Waals surface area contributed by atoms with E-state index in [-0.39, 0.29) is 31.1 Å². The highest BCUT2D eigenvalue weighted by atomic mass is 16.6. The number of carbonyl (C=O) groups is 3. The molecule has 0 rings (SSSR count). The molecule has 1 unspecified atom stereocenters. The van der Waals surface area contributed by atoms with Crippen molar-refractivity contribution >= 4 is 17.9 Å². The van der Waals surface area contributed by atoms with Gasteiger partial charge in [0.15, 0.2) is 6.10 Å². The lowest BCUT2D eigenvalue weighted by atomic mass is 10.1. The average Bonchev–Trinajstić information content (AvgIpc) is 3.40. The summed E-state index contributed by atoms with van der Waals surface area (Å²) in [5, 5.41) is 0. The van der Waals surface area contributed by atoms with Crippen molar-refractivity contribution in [2.75, 3.05) is 13.2 Å². The third-order valence-electron chi connectivity index (χ3n) is 12.4. The van der Waals surface area contributed by atoms with Crippen LogP contribution in [0, 0.1) is 0 Å². The van der Waals surface area contributed by atoms with Crippen LogP contribution in [-0.4, -0.2) is 37.2 Å². The fraction of sp³-hybridized carbons (Fsp3) is 0.632. The summed E-state index contributed by atoms with van der Waals surface area (Å²) in [6.45, 7) is 6.43. The smallest absolute Gasteiger partial charge is 0.306 e. The molecule has 6 nitrogen and oxygen atoms in total. The van der Waals surface area contributed by atoms with Crippen LogP contribution in [0.25, 0.3) is 0 Å². The number of allylic oxidation sites excluding steroid dienone is 22. The number of hydrogen-bond donors (Lipinski definition) is 0. The van der Waals surface area contributed by atoms with Gasteiger partial charge in [-0.3, -0.25) is 14.4 Å². The number of esters is 3. The first kappa shape index (κ1) is 69.5. The highest BCUT2D eigenvalue weighted by Gasteiger charge is 2.19. The van der Waals surface area contributed by atoms with Gasteiger partial charge in [0.25, 0.3) is 0 Å². The Morgan fingerprint density at radius 1 is 0.284 bits per heavy atom. The predicted octanol–water partition coefficient (Wildman–Crippen LogP) is 20.6. The van der Waals surface area contributed by atoms with Crippen LogP contribution in [0.15, 0.2) is 134 Å². The van der Waals surface area contributed by atoms with E-state index in [1.807, 2.05) is 0 Å². The van der Waals surface area contributed by atoms with E-state index in [1.54, 1.807) is 0 Å². The van der Waals surface area contributed by atoms with Crippen molar-refractivity contribution in [2.45, 2.75) is 264 Å². The first-order valence-corrected chi connectivity index (χ1v) is 30.2. The van der Waals surface area contributed by atoms with Crippen molar-refractivity contribution in [3.63, 3.8) is 0 Å². The molecule has 0 fully saturated rings. The zero-order valence-corrected chi connectivity index (χ0v) is 47.8. The molecule has 0 saturated carbocycles. The van der Waals surface area contributed by atoms with Crippen molar-refractivity contribution in [3.05, 3.63) is 134 Å². The summed E-state index contributed by atoms with van der Waals surface area (Å²) in [4.78, 5) is 38.1. The molecule has 0 spiro atoms. The third-order valence-corrected chi connectivity index (χ3v) is 12.4. The molecule has 0 radical (unpaired) electrons. The molecule has 74 heavy (non-hydrogen) atoms. The standard InChI is InChI=1S/C68H110O6/c1-4-7-10-13-16-19-21-23-25-27-29-30-31-32-33-34-35-36-37-38-40-41-43-45-47-49-52-55-58-61-67(70)73-64-65(63-72-66(69)60-57-54-51-18-15-12-9-6-3)74-68(71)62-59-56-53-50-48-46-44-42-39-28-26-24-22-20-17-14-11-8-5-2/h7,10,16-17,19-20,23-26,29-30,32-33,35-36,38-40,42-43,45,65H,4-6,8-9,11-15,18,21-22,27-28,31,34,37,41,44,46-64H2,1-3H3/b10-7-,19-16-,20-17-,25-23-,26-24-,30-29-,33-32-,36-35-,40-38-,42-39-,45-43-. The quantitative estimate of drug-likeness (QED) is 0.0261. The molecular weight excluding hydrogens is 913 g/mol. The van der Waals surface area contributed by atoms with Crippen LogP contribution < -0.4 is 0 Å². The van der Waals surface area contributed by atoms with Crippen LogP contribution in [-0.2, 0) is 28.6 Å². The first-order chi connectivity index (χ1) is 36.5. The van der Waals surface area contributed by atoms with Gasteiger partial charge < -0.3 is 14.2 Å². The van der Waals surface area contributed by atoms with Gasteiger partial charge in [-0.05, 0) is 122 Å². The minimum atomic E-state index is -0.798. The van der Waals surface area contributed by atoms with Crippen molar-refractivity contribution in [1.29, 1.82) is 0 Å². The van der Waals surface area contributed by atoms with Gasteiger partial charge in [-0.1, -0.05) is 251 Å². The fourth-order valence-electron chi connectivity index (χ4n) is 7.88. The Morgan fingerprint density at radius 3 is 0.851 bits per heavy atom. The van der Waals surface area contributed by atoms with Gasteiger partial charge >= 0.3 is 17.9 Å². The molecular formula is C68H110O6. The van der Waals surface area contributed by atoms with Crippen molar-refractivity contribution in [2.24, 2.45) is 0 Å². The molecule has 0 saturated heterocycles.